The van der Waals surface area contributed by atoms with Crippen LogP contribution in [0, 0.1) is 5.92 Å². The number of aliphatic carboxylic acids is 1. The van der Waals surface area contributed by atoms with Crippen molar-refractivity contribution in [1.29, 1.82) is 0 Å². The molecule has 1 fully saturated rings. The van der Waals surface area contributed by atoms with Crippen molar-refractivity contribution in [3.05, 3.63) is 35.4 Å². The maximum Gasteiger partial charge on any atom is 0.306 e. The Bertz CT molecular complexity index is 504. The number of ether oxygens (including phenoxy) is 1. The molecule has 0 unspecified atom stereocenters. The van der Waals surface area contributed by atoms with Crippen LogP contribution in [0.3, 0.4) is 0 Å². The summed E-state index contributed by atoms with van der Waals surface area (Å²) in [6.07, 6.45) is 1.21. The number of benzene rings is 1. The fourth-order valence-corrected chi connectivity index (χ4v) is 2.22. The van der Waals surface area contributed by atoms with Crippen LogP contribution in [0.25, 0.3) is 0 Å². The minimum absolute atomic E-state index is 0.0254. The molecule has 1 aliphatic carbocycles. The van der Waals surface area contributed by atoms with E-state index >= 15 is 0 Å². The number of carboxylic acids is 1. The number of rotatable bonds is 6. The van der Waals surface area contributed by atoms with Crippen LogP contribution in [0.4, 0.5) is 0 Å². The average molecular weight is 291 g/mol. The zero-order valence-corrected chi connectivity index (χ0v) is 12.3. The van der Waals surface area contributed by atoms with Crippen LogP contribution in [-0.4, -0.2) is 29.1 Å². The molecule has 0 bridgehead atoms. The summed E-state index contributed by atoms with van der Waals surface area (Å²) >= 11 is 0. The molecule has 0 heterocycles. The van der Waals surface area contributed by atoms with Gasteiger partial charge in [0.1, 0.15) is 0 Å². The van der Waals surface area contributed by atoms with Gasteiger partial charge in [-0.25, -0.2) is 0 Å². The lowest BCUT2D eigenvalue weighted by molar-refractivity contribution is -0.145. The topological polar surface area (TPSA) is 75.6 Å². The van der Waals surface area contributed by atoms with E-state index in [0.29, 0.717) is 25.0 Å². The Balaban J connectivity index is 1.82. The predicted octanol–water partition coefficient (Wildman–Crippen LogP) is 2.20. The quantitative estimate of drug-likeness (QED) is 0.842. The normalized spacial score (nSPS) is 20.9. The Kier molecular flexibility index (Phi) is 4.96. The summed E-state index contributed by atoms with van der Waals surface area (Å²) in [6, 6.07) is 7.25. The predicted molar refractivity (Wildman–Crippen MR) is 78.0 cm³/mol. The molecule has 1 aromatic carbocycles. The van der Waals surface area contributed by atoms with Crippen molar-refractivity contribution in [3.63, 3.8) is 0 Å². The molecule has 21 heavy (non-hydrogen) atoms. The maximum atomic E-state index is 12.0. The summed E-state index contributed by atoms with van der Waals surface area (Å²) in [5.41, 5.74) is 1.61. The number of carbonyl (C=O) groups is 2. The summed E-state index contributed by atoms with van der Waals surface area (Å²) in [5.74, 6) is -1.25. The van der Waals surface area contributed by atoms with Gasteiger partial charge in [0, 0.05) is 11.6 Å². The minimum atomic E-state index is -0.782. The van der Waals surface area contributed by atoms with Gasteiger partial charge in [-0.15, -0.1) is 0 Å². The molecule has 5 heteroatoms. The van der Waals surface area contributed by atoms with Crippen LogP contribution < -0.4 is 5.32 Å². The van der Waals surface area contributed by atoms with Gasteiger partial charge in [-0.05, 0) is 44.4 Å². The molecule has 1 aromatic rings. The van der Waals surface area contributed by atoms with Gasteiger partial charge in [-0.1, -0.05) is 12.1 Å². The summed E-state index contributed by atoms with van der Waals surface area (Å²) in [7, 11) is 0. The molecule has 0 aromatic heterocycles. The van der Waals surface area contributed by atoms with Crippen LogP contribution in [0.5, 0.6) is 0 Å². The molecule has 114 valence electrons. The van der Waals surface area contributed by atoms with E-state index in [0.717, 1.165) is 5.56 Å². The number of amides is 1. The minimum Gasteiger partial charge on any atom is -0.481 e. The van der Waals surface area contributed by atoms with E-state index in [2.05, 4.69) is 5.32 Å². The Morgan fingerprint density at radius 3 is 2.43 bits per heavy atom. The first-order chi connectivity index (χ1) is 9.95. The second-order valence-corrected chi connectivity index (χ2v) is 5.73. The molecule has 0 radical (unpaired) electrons. The molecule has 2 rings (SSSR count). The van der Waals surface area contributed by atoms with Gasteiger partial charge in [0.05, 0.1) is 18.6 Å². The maximum absolute atomic E-state index is 12.0. The van der Waals surface area contributed by atoms with Gasteiger partial charge in [-0.2, -0.15) is 0 Å². The SMILES string of the molecule is CC(C)OCc1ccc(C(=O)NC2CC(C(=O)O)C2)cc1. The number of hydrogen-bond donors (Lipinski definition) is 2. The first-order valence-corrected chi connectivity index (χ1v) is 7.20. The Labute approximate surface area is 124 Å². The van der Waals surface area contributed by atoms with Gasteiger partial charge in [-0.3, -0.25) is 9.59 Å². The van der Waals surface area contributed by atoms with E-state index in [9.17, 15) is 9.59 Å². The third-order valence-electron chi connectivity index (χ3n) is 3.62. The van der Waals surface area contributed by atoms with Crippen LogP contribution in [0.15, 0.2) is 24.3 Å². The third-order valence-corrected chi connectivity index (χ3v) is 3.62. The molecule has 5 nitrogen and oxygen atoms in total. The van der Waals surface area contributed by atoms with Gasteiger partial charge in [0.2, 0.25) is 0 Å². The number of hydrogen-bond acceptors (Lipinski definition) is 3. The highest BCUT2D eigenvalue weighted by molar-refractivity contribution is 5.94. The van der Waals surface area contributed by atoms with Crippen molar-refractivity contribution >= 4 is 11.9 Å². The Morgan fingerprint density at radius 2 is 1.90 bits per heavy atom. The van der Waals surface area contributed by atoms with Gasteiger partial charge in [0.15, 0.2) is 0 Å². The number of nitrogens with one attached hydrogen (secondary N) is 1. The monoisotopic (exact) mass is 291 g/mol. The lowest BCUT2D eigenvalue weighted by Crippen LogP contribution is -2.46. The second-order valence-electron chi connectivity index (χ2n) is 5.73. The fourth-order valence-electron chi connectivity index (χ4n) is 2.22. The molecule has 0 saturated heterocycles. The smallest absolute Gasteiger partial charge is 0.306 e. The zero-order valence-electron chi connectivity index (χ0n) is 12.3. The number of carboxylic acid groups (broad SMARTS) is 1. The Morgan fingerprint density at radius 1 is 1.29 bits per heavy atom. The molecule has 1 saturated carbocycles. The first-order valence-electron chi connectivity index (χ1n) is 7.20. The van der Waals surface area contributed by atoms with E-state index in [-0.39, 0.29) is 24.0 Å². The van der Waals surface area contributed by atoms with Gasteiger partial charge >= 0.3 is 5.97 Å². The highest BCUT2D eigenvalue weighted by Gasteiger charge is 2.35. The zero-order chi connectivity index (χ0) is 15.4. The van der Waals surface area contributed by atoms with Crippen molar-refractivity contribution in [1.82, 2.24) is 5.32 Å². The summed E-state index contributed by atoms with van der Waals surface area (Å²) in [4.78, 5) is 22.7. The first kappa shape index (κ1) is 15.5. The van der Waals surface area contributed by atoms with Crippen molar-refractivity contribution in [2.75, 3.05) is 0 Å². The standard InChI is InChI=1S/C16H21NO4/c1-10(2)21-9-11-3-5-12(6-4-11)15(18)17-14-7-13(8-14)16(19)20/h3-6,10,13-14H,7-9H2,1-2H3,(H,17,18)(H,19,20). The van der Waals surface area contributed by atoms with Crippen molar-refractivity contribution in [2.45, 2.75) is 45.4 Å². The molecular weight excluding hydrogens is 270 g/mol. The summed E-state index contributed by atoms with van der Waals surface area (Å²) in [5, 5.41) is 11.7. The average Bonchev–Trinajstić information content (AvgIpc) is 2.39. The molecule has 0 atom stereocenters. The van der Waals surface area contributed by atoms with Gasteiger partial charge in [0.25, 0.3) is 5.91 Å². The molecule has 0 spiro atoms. The van der Waals surface area contributed by atoms with Crippen LogP contribution in [0.1, 0.15) is 42.6 Å². The molecule has 2 N–H and O–H groups in total. The van der Waals surface area contributed by atoms with Crippen LogP contribution >= 0.6 is 0 Å². The lowest BCUT2D eigenvalue weighted by atomic mass is 9.80. The van der Waals surface area contributed by atoms with Gasteiger partial charge < -0.3 is 15.2 Å². The molecular formula is C16H21NO4. The third kappa shape index (κ3) is 4.29. The summed E-state index contributed by atoms with van der Waals surface area (Å²) in [6.45, 7) is 4.48. The van der Waals surface area contributed by atoms with Crippen molar-refractivity contribution < 1.29 is 19.4 Å². The fraction of sp³-hybridized carbons (Fsp3) is 0.500. The van der Waals surface area contributed by atoms with E-state index < -0.39 is 5.97 Å². The highest BCUT2D eigenvalue weighted by Crippen LogP contribution is 2.27. The lowest BCUT2D eigenvalue weighted by Gasteiger charge is -2.32. The van der Waals surface area contributed by atoms with Crippen molar-refractivity contribution in [3.8, 4) is 0 Å². The highest BCUT2D eigenvalue weighted by atomic mass is 16.5. The van der Waals surface area contributed by atoms with E-state index in [4.69, 9.17) is 9.84 Å². The summed E-state index contributed by atoms with van der Waals surface area (Å²) < 4.78 is 5.50. The molecule has 1 aliphatic rings. The largest absolute Gasteiger partial charge is 0.481 e. The Hall–Kier alpha value is -1.88. The van der Waals surface area contributed by atoms with E-state index in [1.54, 1.807) is 12.1 Å². The van der Waals surface area contributed by atoms with Crippen LogP contribution in [-0.2, 0) is 16.1 Å². The van der Waals surface area contributed by atoms with E-state index in [1.807, 2.05) is 26.0 Å². The van der Waals surface area contributed by atoms with E-state index in [1.165, 1.54) is 0 Å². The second kappa shape index (κ2) is 6.72. The van der Waals surface area contributed by atoms with Crippen LogP contribution in [0.2, 0.25) is 0 Å². The van der Waals surface area contributed by atoms with Crippen molar-refractivity contribution in [2.24, 2.45) is 5.92 Å². The molecule has 0 aliphatic heterocycles. The molecule has 1 amide bonds. The number of carbonyl (C=O) groups excluding carboxylic acids is 1.